The molecule has 82 valence electrons. The fourth-order valence-corrected chi connectivity index (χ4v) is 1.75. The second kappa shape index (κ2) is 4.02. The van der Waals surface area contributed by atoms with E-state index < -0.39 is 0 Å². The Morgan fingerprint density at radius 2 is 2.12 bits per heavy atom. The van der Waals surface area contributed by atoms with E-state index in [4.69, 9.17) is 11.6 Å². The number of hydrogen-bond donors (Lipinski definition) is 2. The first-order chi connectivity index (χ1) is 7.63. The monoisotopic (exact) mass is 235 g/mol. The molecule has 1 aromatic heterocycles. The molecule has 1 heterocycles. The standard InChI is InChI=1S/C12H10ClNO2/c1-2-3-9-11(15)8-5-4-7(13)6-10(8)14-12(9)16/h2,4-6H,1,3H2,(H2,14,15,16). The van der Waals surface area contributed by atoms with Gasteiger partial charge in [0.05, 0.1) is 11.1 Å². The van der Waals surface area contributed by atoms with Crippen molar-refractivity contribution in [1.29, 1.82) is 0 Å². The molecule has 0 fully saturated rings. The molecule has 0 amide bonds. The fraction of sp³-hybridized carbons (Fsp3) is 0.0833. The molecular weight excluding hydrogens is 226 g/mol. The van der Waals surface area contributed by atoms with Crippen LogP contribution in [-0.4, -0.2) is 15.2 Å². The average Bonchev–Trinajstić information content (AvgIpc) is 2.23. The minimum atomic E-state index is -0.188. The molecule has 0 aliphatic heterocycles. The molecule has 3 nitrogen and oxygen atoms in total. The third-order valence-electron chi connectivity index (χ3n) is 2.35. The van der Waals surface area contributed by atoms with Gasteiger partial charge in [-0.1, -0.05) is 17.7 Å². The molecule has 0 unspecified atom stereocenters. The van der Waals surface area contributed by atoms with Crippen LogP contribution in [0.4, 0.5) is 0 Å². The second-order valence-electron chi connectivity index (χ2n) is 3.42. The summed E-state index contributed by atoms with van der Waals surface area (Å²) in [5.74, 6) is -0.161. The van der Waals surface area contributed by atoms with Gasteiger partial charge in [-0.15, -0.1) is 6.58 Å². The number of benzene rings is 1. The summed E-state index contributed by atoms with van der Waals surface area (Å²) in [5.41, 5.74) is 0.847. The van der Waals surface area contributed by atoms with Crippen LogP contribution < -0.4 is 0 Å². The van der Waals surface area contributed by atoms with E-state index in [9.17, 15) is 10.2 Å². The lowest BCUT2D eigenvalue weighted by Gasteiger charge is -2.08. The molecule has 0 saturated heterocycles. The van der Waals surface area contributed by atoms with E-state index in [2.05, 4.69) is 11.6 Å². The van der Waals surface area contributed by atoms with Gasteiger partial charge in [0.2, 0.25) is 5.88 Å². The first-order valence-electron chi connectivity index (χ1n) is 4.74. The van der Waals surface area contributed by atoms with Gasteiger partial charge in [-0.05, 0) is 24.6 Å². The molecule has 4 heteroatoms. The topological polar surface area (TPSA) is 53.4 Å². The first kappa shape index (κ1) is 10.8. The van der Waals surface area contributed by atoms with E-state index in [0.29, 0.717) is 27.9 Å². The third-order valence-corrected chi connectivity index (χ3v) is 2.58. The lowest BCUT2D eigenvalue weighted by atomic mass is 10.1. The molecule has 0 aliphatic carbocycles. The molecule has 0 atom stereocenters. The minimum absolute atomic E-state index is 0.0269. The molecule has 2 rings (SSSR count). The van der Waals surface area contributed by atoms with Gasteiger partial charge in [-0.2, -0.15) is 0 Å². The molecule has 0 aliphatic rings. The van der Waals surface area contributed by atoms with Crippen molar-refractivity contribution in [3.63, 3.8) is 0 Å². The minimum Gasteiger partial charge on any atom is -0.507 e. The number of aromatic hydroxyl groups is 2. The molecular formula is C12H10ClNO2. The number of rotatable bonds is 2. The van der Waals surface area contributed by atoms with Crippen LogP contribution in [0.15, 0.2) is 30.9 Å². The zero-order chi connectivity index (χ0) is 11.7. The summed E-state index contributed by atoms with van der Waals surface area (Å²) in [6, 6.07) is 4.93. The molecule has 16 heavy (non-hydrogen) atoms. The Hall–Kier alpha value is -1.74. The second-order valence-corrected chi connectivity index (χ2v) is 3.85. The van der Waals surface area contributed by atoms with Gasteiger partial charge >= 0.3 is 0 Å². The van der Waals surface area contributed by atoms with E-state index in [0.717, 1.165) is 0 Å². The average molecular weight is 236 g/mol. The van der Waals surface area contributed by atoms with Crippen molar-refractivity contribution in [3.8, 4) is 11.6 Å². The van der Waals surface area contributed by atoms with Gasteiger partial charge in [0.25, 0.3) is 0 Å². The number of hydrogen-bond acceptors (Lipinski definition) is 3. The smallest absolute Gasteiger partial charge is 0.218 e. The zero-order valence-corrected chi connectivity index (χ0v) is 9.20. The van der Waals surface area contributed by atoms with E-state index in [-0.39, 0.29) is 11.6 Å². The highest BCUT2D eigenvalue weighted by atomic mass is 35.5. The Bertz CT molecular complexity index is 566. The summed E-state index contributed by atoms with van der Waals surface area (Å²) in [4.78, 5) is 3.98. The van der Waals surface area contributed by atoms with E-state index in [1.54, 1.807) is 24.3 Å². The highest BCUT2D eigenvalue weighted by Crippen LogP contribution is 2.34. The van der Waals surface area contributed by atoms with Gasteiger partial charge in [0.15, 0.2) is 0 Å². The molecule has 2 N–H and O–H groups in total. The Labute approximate surface area is 97.6 Å². The predicted molar refractivity (Wildman–Crippen MR) is 64.0 cm³/mol. The number of halogens is 1. The van der Waals surface area contributed by atoms with Crippen LogP contribution >= 0.6 is 11.6 Å². The van der Waals surface area contributed by atoms with Crippen molar-refractivity contribution in [3.05, 3.63) is 41.4 Å². The lowest BCUT2D eigenvalue weighted by molar-refractivity contribution is 0.431. The quantitative estimate of drug-likeness (QED) is 0.787. The Morgan fingerprint density at radius 3 is 2.81 bits per heavy atom. The van der Waals surface area contributed by atoms with Crippen molar-refractivity contribution >= 4 is 22.5 Å². The van der Waals surface area contributed by atoms with Crippen LogP contribution in [0.25, 0.3) is 10.9 Å². The van der Waals surface area contributed by atoms with Gasteiger partial charge in [0, 0.05) is 10.4 Å². The molecule has 0 saturated carbocycles. The molecule has 0 bridgehead atoms. The normalized spacial score (nSPS) is 10.6. The summed E-state index contributed by atoms with van der Waals surface area (Å²) in [7, 11) is 0. The summed E-state index contributed by atoms with van der Waals surface area (Å²) < 4.78 is 0. The molecule has 1 aromatic carbocycles. The van der Waals surface area contributed by atoms with Gasteiger partial charge < -0.3 is 10.2 Å². The Morgan fingerprint density at radius 1 is 1.38 bits per heavy atom. The van der Waals surface area contributed by atoms with Crippen LogP contribution in [0.5, 0.6) is 11.6 Å². The Kier molecular flexibility index (Phi) is 2.71. The van der Waals surface area contributed by atoms with Crippen molar-refractivity contribution in [2.45, 2.75) is 6.42 Å². The van der Waals surface area contributed by atoms with Crippen LogP contribution in [0.2, 0.25) is 5.02 Å². The Balaban J connectivity index is 2.77. The maximum Gasteiger partial charge on any atom is 0.218 e. The van der Waals surface area contributed by atoms with Gasteiger partial charge in [-0.25, -0.2) is 4.98 Å². The number of nitrogens with zero attached hydrogens (tertiary/aromatic N) is 1. The van der Waals surface area contributed by atoms with Crippen molar-refractivity contribution < 1.29 is 10.2 Å². The molecule has 0 radical (unpaired) electrons. The van der Waals surface area contributed by atoms with E-state index in [1.807, 2.05) is 0 Å². The highest BCUT2D eigenvalue weighted by Gasteiger charge is 2.12. The van der Waals surface area contributed by atoms with Gasteiger partial charge in [0.1, 0.15) is 5.75 Å². The number of allylic oxidation sites excluding steroid dienone is 1. The summed E-state index contributed by atoms with van der Waals surface area (Å²) in [6.45, 7) is 3.56. The number of aromatic nitrogens is 1. The third kappa shape index (κ3) is 1.70. The van der Waals surface area contributed by atoms with Crippen LogP contribution in [0, 0.1) is 0 Å². The van der Waals surface area contributed by atoms with E-state index >= 15 is 0 Å². The van der Waals surface area contributed by atoms with Crippen LogP contribution in [0.1, 0.15) is 5.56 Å². The van der Waals surface area contributed by atoms with Crippen molar-refractivity contribution in [1.82, 2.24) is 4.98 Å². The predicted octanol–water partition coefficient (Wildman–Crippen LogP) is 3.03. The summed E-state index contributed by atoms with van der Waals surface area (Å²) in [6.07, 6.45) is 1.96. The lowest BCUT2D eigenvalue weighted by Crippen LogP contribution is -1.90. The van der Waals surface area contributed by atoms with E-state index in [1.165, 1.54) is 0 Å². The van der Waals surface area contributed by atoms with Crippen molar-refractivity contribution in [2.75, 3.05) is 0 Å². The van der Waals surface area contributed by atoms with Crippen molar-refractivity contribution in [2.24, 2.45) is 0 Å². The maximum absolute atomic E-state index is 9.96. The number of pyridine rings is 1. The number of fused-ring (bicyclic) bond motifs is 1. The zero-order valence-electron chi connectivity index (χ0n) is 8.44. The molecule has 0 spiro atoms. The van der Waals surface area contributed by atoms with Crippen LogP contribution in [0.3, 0.4) is 0 Å². The largest absolute Gasteiger partial charge is 0.507 e. The fourth-order valence-electron chi connectivity index (χ4n) is 1.58. The summed E-state index contributed by atoms with van der Waals surface area (Å²) in [5, 5.41) is 20.7. The summed E-state index contributed by atoms with van der Waals surface area (Å²) >= 11 is 5.80. The molecule has 2 aromatic rings. The van der Waals surface area contributed by atoms with Crippen LogP contribution in [-0.2, 0) is 6.42 Å². The SMILES string of the molecule is C=CCc1c(O)nc2cc(Cl)ccc2c1O. The maximum atomic E-state index is 9.96. The highest BCUT2D eigenvalue weighted by molar-refractivity contribution is 6.31. The first-order valence-corrected chi connectivity index (χ1v) is 5.12. The van der Waals surface area contributed by atoms with Gasteiger partial charge in [-0.3, -0.25) is 0 Å².